The summed E-state index contributed by atoms with van der Waals surface area (Å²) in [7, 11) is 0. The molecule has 5 heteroatoms. The number of nitrogens with zero attached hydrogens (tertiary/aromatic N) is 2. The highest BCUT2D eigenvalue weighted by molar-refractivity contribution is 6.10. The molecule has 5 nitrogen and oxygen atoms in total. The van der Waals surface area contributed by atoms with E-state index in [9.17, 15) is 9.59 Å². The Morgan fingerprint density at radius 3 is 2.48 bits per heavy atom. The summed E-state index contributed by atoms with van der Waals surface area (Å²) in [6.07, 6.45) is 1.28. The van der Waals surface area contributed by atoms with Crippen molar-refractivity contribution in [2.24, 2.45) is 11.8 Å². The van der Waals surface area contributed by atoms with Crippen LogP contribution in [0.2, 0.25) is 0 Å². The van der Waals surface area contributed by atoms with Gasteiger partial charge in [0.1, 0.15) is 6.54 Å². The average molecular weight is 341 g/mol. The van der Waals surface area contributed by atoms with Crippen LogP contribution >= 0.6 is 0 Å². The Balaban J connectivity index is 1.47. The molecule has 2 aliphatic rings. The summed E-state index contributed by atoms with van der Waals surface area (Å²) in [5, 5.41) is 2.94. The summed E-state index contributed by atoms with van der Waals surface area (Å²) in [4.78, 5) is 28.5. The minimum atomic E-state index is -0.144. The average Bonchev–Trinajstić information content (AvgIpc) is 2.79. The molecular weight excluding hydrogens is 314 g/mol. The summed E-state index contributed by atoms with van der Waals surface area (Å²) in [6.45, 7) is 12.2. The second-order valence-corrected chi connectivity index (χ2v) is 7.44. The Bertz CT molecular complexity index is 640. The van der Waals surface area contributed by atoms with Crippen molar-refractivity contribution >= 4 is 17.5 Å². The van der Waals surface area contributed by atoms with Gasteiger partial charge >= 0.3 is 0 Å². The highest BCUT2D eigenvalue weighted by atomic mass is 16.2. The fourth-order valence-electron chi connectivity index (χ4n) is 4.03. The predicted molar refractivity (Wildman–Crippen MR) is 98.9 cm³/mol. The second-order valence-electron chi connectivity index (χ2n) is 7.44. The minimum absolute atomic E-state index is 0.0269. The van der Waals surface area contributed by atoms with Crippen molar-refractivity contribution < 1.29 is 9.59 Å². The van der Waals surface area contributed by atoms with E-state index in [0.29, 0.717) is 29.6 Å². The molecule has 2 atom stereocenters. The lowest BCUT2D eigenvalue weighted by molar-refractivity contribution is -0.121. The Kier molecular flexibility index (Phi) is 5.23. The van der Waals surface area contributed by atoms with Gasteiger partial charge in [0.15, 0.2) is 0 Å². The number of carbonyl (C=O) groups is 2. The van der Waals surface area contributed by atoms with Crippen molar-refractivity contribution in [1.82, 2.24) is 15.1 Å². The largest absolute Gasteiger partial charge is 0.353 e. The number of rotatable bonds is 5. The van der Waals surface area contributed by atoms with Gasteiger partial charge in [-0.1, -0.05) is 38.6 Å². The number of amides is 2. The van der Waals surface area contributed by atoms with Crippen molar-refractivity contribution in [1.29, 1.82) is 0 Å². The zero-order valence-electron chi connectivity index (χ0n) is 15.1. The van der Waals surface area contributed by atoms with Gasteiger partial charge in [-0.25, -0.2) is 0 Å². The monoisotopic (exact) mass is 341 g/mol. The number of benzene rings is 1. The minimum Gasteiger partial charge on any atom is -0.353 e. The molecule has 0 saturated carbocycles. The van der Waals surface area contributed by atoms with Gasteiger partial charge in [0.2, 0.25) is 5.91 Å². The van der Waals surface area contributed by atoms with Gasteiger partial charge < -0.3 is 10.2 Å². The number of hydrogen-bond acceptors (Lipinski definition) is 3. The third kappa shape index (κ3) is 3.93. The first-order valence-electron chi connectivity index (χ1n) is 9.05. The fraction of sp³-hybridized carbons (Fsp3) is 0.500. The van der Waals surface area contributed by atoms with E-state index in [0.717, 1.165) is 25.2 Å². The van der Waals surface area contributed by atoms with E-state index in [1.54, 1.807) is 6.07 Å². The van der Waals surface area contributed by atoms with Gasteiger partial charge in [-0.3, -0.25) is 14.5 Å². The number of fused-ring (bicyclic) bond motifs is 1. The van der Waals surface area contributed by atoms with E-state index >= 15 is 0 Å². The van der Waals surface area contributed by atoms with Crippen LogP contribution in [0, 0.1) is 11.8 Å². The lowest BCUT2D eigenvalue weighted by Crippen LogP contribution is -2.44. The second kappa shape index (κ2) is 7.40. The van der Waals surface area contributed by atoms with Crippen LogP contribution in [0.15, 0.2) is 30.8 Å². The van der Waals surface area contributed by atoms with E-state index < -0.39 is 0 Å². The van der Waals surface area contributed by atoms with E-state index in [4.69, 9.17) is 0 Å². The molecule has 0 bridgehead atoms. The molecule has 0 spiro atoms. The van der Waals surface area contributed by atoms with Crippen LogP contribution in [0.5, 0.6) is 0 Å². The molecule has 1 aromatic carbocycles. The van der Waals surface area contributed by atoms with Crippen LogP contribution < -0.4 is 5.32 Å². The Hall–Kier alpha value is -2.14. The van der Waals surface area contributed by atoms with Crippen molar-refractivity contribution in [3.63, 3.8) is 0 Å². The Morgan fingerprint density at radius 2 is 1.84 bits per heavy atom. The first-order valence-corrected chi connectivity index (χ1v) is 9.05. The van der Waals surface area contributed by atoms with Gasteiger partial charge in [-0.2, -0.15) is 0 Å². The summed E-state index contributed by atoms with van der Waals surface area (Å²) >= 11 is 0. The fourth-order valence-corrected chi connectivity index (χ4v) is 4.03. The molecule has 0 aromatic heterocycles. The summed E-state index contributed by atoms with van der Waals surface area (Å²) in [6, 6.07) is 7.35. The summed E-state index contributed by atoms with van der Waals surface area (Å²) < 4.78 is 0. The van der Waals surface area contributed by atoms with E-state index in [1.165, 1.54) is 11.3 Å². The number of likely N-dealkylation sites (tertiary alicyclic amines) is 1. The van der Waals surface area contributed by atoms with Gasteiger partial charge in [-0.05, 0) is 24.3 Å². The van der Waals surface area contributed by atoms with Crippen LogP contribution in [0.25, 0.3) is 5.70 Å². The topological polar surface area (TPSA) is 52.7 Å². The number of piperidine rings is 1. The SMILES string of the molecule is C=C1c2ccccc2C(=O)N1CC(=O)NCCN1CC(C)CC(C)C1. The van der Waals surface area contributed by atoms with Crippen molar-refractivity contribution in [3.05, 3.63) is 42.0 Å². The highest BCUT2D eigenvalue weighted by Gasteiger charge is 2.31. The maximum atomic E-state index is 12.4. The van der Waals surface area contributed by atoms with Crippen molar-refractivity contribution in [2.75, 3.05) is 32.7 Å². The maximum absolute atomic E-state index is 12.4. The molecule has 2 heterocycles. The molecule has 2 unspecified atom stereocenters. The van der Waals surface area contributed by atoms with Crippen LogP contribution in [0.1, 0.15) is 36.2 Å². The quantitative estimate of drug-likeness (QED) is 0.893. The molecular formula is C20H27N3O2. The number of nitrogens with one attached hydrogen (secondary N) is 1. The molecule has 25 heavy (non-hydrogen) atoms. The summed E-state index contributed by atoms with van der Waals surface area (Å²) in [5.41, 5.74) is 2.04. The van der Waals surface area contributed by atoms with Gasteiger partial charge in [-0.15, -0.1) is 0 Å². The van der Waals surface area contributed by atoms with Gasteiger partial charge in [0, 0.05) is 43.0 Å². The molecule has 3 rings (SSSR count). The van der Waals surface area contributed by atoms with E-state index in [-0.39, 0.29) is 18.4 Å². The lowest BCUT2D eigenvalue weighted by atomic mass is 9.92. The molecule has 0 aliphatic carbocycles. The van der Waals surface area contributed by atoms with Crippen molar-refractivity contribution in [3.8, 4) is 0 Å². The molecule has 2 amide bonds. The molecule has 1 saturated heterocycles. The highest BCUT2D eigenvalue weighted by Crippen LogP contribution is 2.30. The first kappa shape index (κ1) is 17.7. The van der Waals surface area contributed by atoms with Crippen LogP contribution in [-0.4, -0.2) is 54.3 Å². The standard InChI is InChI=1S/C20H27N3O2/c1-14-10-15(2)12-22(11-14)9-8-21-19(24)13-23-16(3)17-6-4-5-7-18(17)20(23)25/h4-7,14-15H,3,8-13H2,1-2H3,(H,21,24). The van der Waals surface area contributed by atoms with Crippen LogP contribution in [0.4, 0.5) is 0 Å². The van der Waals surface area contributed by atoms with Gasteiger partial charge in [0.05, 0.1) is 0 Å². The number of carbonyl (C=O) groups excluding carboxylic acids is 2. The third-order valence-electron chi connectivity index (χ3n) is 5.04. The van der Waals surface area contributed by atoms with Gasteiger partial charge in [0.25, 0.3) is 5.91 Å². The zero-order chi connectivity index (χ0) is 18.0. The lowest BCUT2D eigenvalue weighted by Gasteiger charge is -2.34. The van der Waals surface area contributed by atoms with E-state index in [2.05, 4.69) is 30.6 Å². The zero-order valence-corrected chi connectivity index (χ0v) is 15.1. The molecule has 1 N–H and O–H groups in total. The number of hydrogen-bond donors (Lipinski definition) is 1. The van der Waals surface area contributed by atoms with Crippen LogP contribution in [0.3, 0.4) is 0 Å². The molecule has 2 aliphatic heterocycles. The molecule has 134 valence electrons. The predicted octanol–water partition coefficient (Wildman–Crippen LogP) is 2.21. The van der Waals surface area contributed by atoms with Crippen molar-refractivity contribution in [2.45, 2.75) is 20.3 Å². The Labute approximate surface area is 149 Å². The molecule has 1 aromatic rings. The normalized spacial score (nSPS) is 23.7. The Morgan fingerprint density at radius 1 is 1.20 bits per heavy atom. The molecule has 1 fully saturated rings. The smallest absolute Gasteiger partial charge is 0.259 e. The summed E-state index contributed by atoms with van der Waals surface area (Å²) in [5.74, 6) is 1.14. The van der Waals surface area contributed by atoms with Crippen LogP contribution in [-0.2, 0) is 4.79 Å². The third-order valence-corrected chi connectivity index (χ3v) is 5.04. The molecule has 0 radical (unpaired) electrons. The maximum Gasteiger partial charge on any atom is 0.259 e. The first-order chi connectivity index (χ1) is 12.0. The van der Waals surface area contributed by atoms with E-state index in [1.807, 2.05) is 18.2 Å².